The van der Waals surface area contributed by atoms with Gasteiger partial charge in [0.2, 0.25) is 0 Å². The largest absolute Gasteiger partial charge is 0.365 e. The van der Waals surface area contributed by atoms with E-state index in [1.807, 2.05) is 17.0 Å². The number of likely N-dealkylation sites (tertiary alicyclic amines) is 1. The van der Waals surface area contributed by atoms with Crippen LogP contribution in [0.15, 0.2) is 48.8 Å². The van der Waals surface area contributed by atoms with Crippen molar-refractivity contribution in [3.05, 3.63) is 71.2 Å². The Balaban J connectivity index is 1.40. The van der Waals surface area contributed by atoms with E-state index in [2.05, 4.69) is 10.3 Å². The first-order valence-electron chi connectivity index (χ1n) is 12.2. The average Bonchev–Trinajstić information content (AvgIpc) is 3.35. The molecule has 1 aliphatic heterocycles. The molecule has 176 valence electrons. The maximum atomic E-state index is 13.3. The molecule has 1 aliphatic carbocycles. The van der Waals surface area contributed by atoms with E-state index in [-0.39, 0.29) is 11.9 Å². The number of hydrogen-bond acceptors (Lipinski definition) is 5. The minimum absolute atomic E-state index is 0.0343. The lowest BCUT2D eigenvalue weighted by Crippen LogP contribution is -2.42. The molecular formula is C27H30FN5O. The Morgan fingerprint density at radius 3 is 2.88 bits per heavy atom. The van der Waals surface area contributed by atoms with Crippen molar-refractivity contribution in [2.24, 2.45) is 0 Å². The number of aryl methyl sites for hydroxylation is 1. The van der Waals surface area contributed by atoms with Crippen LogP contribution < -0.4 is 5.32 Å². The van der Waals surface area contributed by atoms with Gasteiger partial charge in [0.1, 0.15) is 12.5 Å². The van der Waals surface area contributed by atoms with E-state index in [1.54, 1.807) is 36.7 Å². The van der Waals surface area contributed by atoms with Crippen LogP contribution >= 0.6 is 0 Å². The van der Waals surface area contributed by atoms with Crippen LogP contribution in [0.2, 0.25) is 0 Å². The van der Waals surface area contributed by atoms with Crippen molar-refractivity contribution in [1.29, 1.82) is 0 Å². The Morgan fingerprint density at radius 2 is 2.03 bits per heavy atom. The lowest BCUT2D eigenvalue weighted by Gasteiger charge is -2.31. The maximum absolute atomic E-state index is 13.3. The van der Waals surface area contributed by atoms with E-state index in [4.69, 9.17) is 9.97 Å². The van der Waals surface area contributed by atoms with Crippen molar-refractivity contribution in [3.63, 3.8) is 0 Å². The van der Waals surface area contributed by atoms with Gasteiger partial charge in [-0.3, -0.25) is 9.78 Å². The second-order valence-electron chi connectivity index (χ2n) is 9.19. The van der Waals surface area contributed by atoms with Crippen molar-refractivity contribution < 1.29 is 9.18 Å². The topological polar surface area (TPSA) is 71.0 Å². The Hall–Kier alpha value is -3.35. The highest BCUT2D eigenvalue weighted by molar-refractivity contribution is 5.94. The van der Waals surface area contributed by atoms with Gasteiger partial charge in [0.25, 0.3) is 5.91 Å². The van der Waals surface area contributed by atoms with Gasteiger partial charge in [-0.15, -0.1) is 0 Å². The summed E-state index contributed by atoms with van der Waals surface area (Å²) in [6.07, 6.45) is 10.7. The third kappa shape index (κ3) is 4.93. The molecule has 1 atom stereocenters. The zero-order valence-corrected chi connectivity index (χ0v) is 19.3. The van der Waals surface area contributed by atoms with Gasteiger partial charge in [-0.2, -0.15) is 0 Å². The van der Waals surface area contributed by atoms with E-state index in [0.29, 0.717) is 30.0 Å². The monoisotopic (exact) mass is 459 g/mol. The summed E-state index contributed by atoms with van der Waals surface area (Å²) in [5.41, 5.74) is 4.30. The molecule has 1 fully saturated rings. The normalized spacial score (nSPS) is 18.1. The first-order chi connectivity index (χ1) is 16.7. The summed E-state index contributed by atoms with van der Waals surface area (Å²) >= 11 is 0. The van der Waals surface area contributed by atoms with Gasteiger partial charge < -0.3 is 10.2 Å². The average molecular weight is 460 g/mol. The minimum Gasteiger partial charge on any atom is -0.365 e. The second kappa shape index (κ2) is 10.3. The van der Waals surface area contributed by atoms with Crippen LogP contribution in [0.5, 0.6) is 0 Å². The minimum atomic E-state index is -0.566. The van der Waals surface area contributed by atoms with E-state index in [9.17, 15) is 9.18 Å². The standard InChI is InChI=1S/C27H30FN5O/c28-16-19-7-4-8-20(15-19)27(34)33-14-3-1-2-10-22(18-33)30-26-23-11-5-12-24(23)31-25(32-26)21-9-6-13-29-17-21/h4,6-9,13,15,17,22H,1-3,5,10-12,14,16,18H2,(H,30,31,32). The number of anilines is 1. The number of amides is 1. The molecule has 3 aromatic rings. The first kappa shape index (κ1) is 22.4. The summed E-state index contributed by atoms with van der Waals surface area (Å²) < 4.78 is 13.1. The van der Waals surface area contributed by atoms with Crippen LogP contribution in [-0.4, -0.2) is 44.9 Å². The number of hydrogen-bond donors (Lipinski definition) is 1. The lowest BCUT2D eigenvalue weighted by atomic mass is 10.0. The highest BCUT2D eigenvalue weighted by Crippen LogP contribution is 2.30. The third-order valence-electron chi connectivity index (χ3n) is 6.73. The summed E-state index contributed by atoms with van der Waals surface area (Å²) in [7, 11) is 0. The molecule has 5 rings (SSSR count). The predicted octanol–water partition coefficient (Wildman–Crippen LogP) is 4.99. The summed E-state index contributed by atoms with van der Waals surface area (Å²) in [4.78, 5) is 29.2. The molecule has 34 heavy (non-hydrogen) atoms. The van der Waals surface area contributed by atoms with Crippen molar-refractivity contribution >= 4 is 11.7 Å². The molecule has 2 aromatic heterocycles. The van der Waals surface area contributed by atoms with Crippen LogP contribution in [-0.2, 0) is 19.5 Å². The molecule has 0 radical (unpaired) electrons. The number of alkyl halides is 1. The van der Waals surface area contributed by atoms with E-state index >= 15 is 0 Å². The fourth-order valence-electron chi connectivity index (χ4n) is 4.96. The molecule has 0 spiro atoms. The number of rotatable bonds is 5. The van der Waals surface area contributed by atoms with Crippen LogP contribution in [0.4, 0.5) is 10.2 Å². The van der Waals surface area contributed by atoms with Gasteiger partial charge >= 0.3 is 0 Å². The number of benzene rings is 1. The molecule has 1 unspecified atom stereocenters. The van der Waals surface area contributed by atoms with E-state index in [0.717, 1.165) is 62.0 Å². The maximum Gasteiger partial charge on any atom is 0.253 e. The zero-order valence-electron chi connectivity index (χ0n) is 19.3. The smallest absolute Gasteiger partial charge is 0.253 e. The van der Waals surface area contributed by atoms with Gasteiger partial charge in [-0.1, -0.05) is 25.0 Å². The first-order valence-corrected chi connectivity index (χ1v) is 12.2. The number of nitrogens with zero attached hydrogens (tertiary/aromatic N) is 4. The quantitative estimate of drug-likeness (QED) is 0.582. The molecule has 2 aliphatic rings. The van der Waals surface area contributed by atoms with Gasteiger partial charge in [0.15, 0.2) is 5.82 Å². The molecule has 0 saturated carbocycles. The number of nitrogens with one attached hydrogen (secondary N) is 1. The molecule has 1 amide bonds. The van der Waals surface area contributed by atoms with Gasteiger partial charge in [-0.05, 0) is 61.9 Å². The highest BCUT2D eigenvalue weighted by atomic mass is 19.1. The summed E-state index contributed by atoms with van der Waals surface area (Å²) in [5, 5.41) is 3.69. The Morgan fingerprint density at radius 1 is 1.09 bits per heavy atom. The van der Waals surface area contributed by atoms with Gasteiger partial charge in [0.05, 0.1) is 0 Å². The summed E-state index contributed by atoms with van der Waals surface area (Å²) in [5.74, 6) is 1.55. The van der Waals surface area contributed by atoms with Gasteiger partial charge in [0, 0.05) is 53.9 Å². The molecule has 1 aromatic carbocycles. The Bertz CT molecular complexity index is 1150. The van der Waals surface area contributed by atoms with Crippen LogP contribution in [0, 0.1) is 0 Å². The predicted molar refractivity (Wildman–Crippen MR) is 130 cm³/mol. The third-order valence-corrected chi connectivity index (χ3v) is 6.73. The second-order valence-corrected chi connectivity index (χ2v) is 9.19. The zero-order chi connectivity index (χ0) is 23.3. The molecule has 1 saturated heterocycles. The molecule has 0 bridgehead atoms. The van der Waals surface area contributed by atoms with Crippen LogP contribution in [0.25, 0.3) is 11.4 Å². The SMILES string of the molecule is O=C(c1cccc(CF)c1)N1CCCCCC(Nc2nc(-c3cccnc3)nc3c2CCC3)C1. The fraction of sp³-hybridized carbons (Fsp3) is 0.407. The number of fused-ring (bicyclic) bond motifs is 1. The number of carbonyl (C=O) groups is 1. The van der Waals surface area contributed by atoms with Crippen molar-refractivity contribution in [3.8, 4) is 11.4 Å². The van der Waals surface area contributed by atoms with E-state index in [1.165, 1.54) is 5.56 Å². The van der Waals surface area contributed by atoms with E-state index < -0.39 is 6.67 Å². The number of aromatic nitrogens is 3. The van der Waals surface area contributed by atoms with Gasteiger partial charge in [-0.25, -0.2) is 14.4 Å². The number of halogens is 1. The summed E-state index contributed by atoms with van der Waals surface area (Å²) in [6.45, 7) is 0.739. The molecule has 6 nitrogen and oxygen atoms in total. The van der Waals surface area contributed by atoms with Crippen molar-refractivity contribution in [2.45, 2.75) is 57.7 Å². The number of carbonyl (C=O) groups excluding carboxylic acids is 1. The molecule has 1 N–H and O–H groups in total. The van der Waals surface area contributed by atoms with Crippen LogP contribution in [0.3, 0.4) is 0 Å². The van der Waals surface area contributed by atoms with Crippen LogP contribution in [0.1, 0.15) is 59.3 Å². The molecular weight excluding hydrogens is 429 g/mol. The Labute approximate surface area is 199 Å². The summed E-state index contributed by atoms with van der Waals surface area (Å²) in [6, 6.07) is 10.9. The highest BCUT2D eigenvalue weighted by Gasteiger charge is 2.25. The number of pyridine rings is 1. The van der Waals surface area contributed by atoms with Crippen molar-refractivity contribution in [1.82, 2.24) is 19.9 Å². The fourth-order valence-corrected chi connectivity index (χ4v) is 4.96. The van der Waals surface area contributed by atoms with Crippen molar-refractivity contribution in [2.75, 3.05) is 18.4 Å². The molecule has 3 heterocycles. The molecule has 7 heteroatoms. The Kier molecular flexibility index (Phi) is 6.79. The lowest BCUT2D eigenvalue weighted by molar-refractivity contribution is 0.0735.